The molecule has 0 bridgehead atoms. The third-order valence-electron chi connectivity index (χ3n) is 3.68. The minimum atomic E-state index is 0.417. The van der Waals surface area contributed by atoms with Gasteiger partial charge < -0.3 is 10.5 Å². The zero-order valence-corrected chi connectivity index (χ0v) is 10.4. The van der Waals surface area contributed by atoms with Crippen molar-refractivity contribution in [2.24, 2.45) is 0 Å². The molecular formula is C15H16N2O. The maximum absolute atomic E-state index is 6.03. The second-order valence-corrected chi connectivity index (χ2v) is 4.64. The number of methoxy groups -OCH3 is 1. The van der Waals surface area contributed by atoms with Gasteiger partial charge in [-0.1, -0.05) is 12.1 Å². The van der Waals surface area contributed by atoms with Crippen molar-refractivity contribution in [1.29, 1.82) is 0 Å². The molecular weight excluding hydrogens is 224 g/mol. The normalized spacial score (nSPS) is 17.5. The van der Waals surface area contributed by atoms with Gasteiger partial charge >= 0.3 is 0 Å². The Bertz CT molecular complexity index is 580. The van der Waals surface area contributed by atoms with Gasteiger partial charge in [0.05, 0.1) is 7.11 Å². The molecule has 1 atom stereocenters. The van der Waals surface area contributed by atoms with Gasteiger partial charge in [-0.15, -0.1) is 0 Å². The molecule has 0 aliphatic heterocycles. The van der Waals surface area contributed by atoms with Crippen LogP contribution in [0.5, 0.6) is 5.88 Å². The van der Waals surface area contributed by atoms with Gasteiger partial charge in [-0.2, -0.15) is 0 Å². The molecule has 1 aromatic carbocycles. The van der Waals surface area contributed by atoms with E-state index in [9.17, 15) is 0 Å². The maximum Gasteiger partial charge on any atom is 0.213 e. The third kappa shape index (κ3) is 1.72. The number of nitrogens with zero attached hydrogens (tertiary/aromatic N) is 1. The standard InChI is InChI=1S/C15H16N2O/c1-18-15-9-10(7-8-17-15)11-5-6-13-12(11)3-2-4-14(13)16/h2-4,7-9,11H,5-6,16H2,1H3. The first kappa shape index (κ1) is 11.1. The van der Waals surface area contributed by atoms with Crippen LogP contribution in [0.2, 0.25) is 0 Å². The SMILES string of the molecule is COc1cc(C2CCc3c(N)cccc32)ccn1. The van der Waals surface area contributed by atoms with Crippen molar-refractivity contribution in [3.8, 4) is 5.88 Å². The summed E-state index contributed by atoms with van der Waals surface area (Å²) < 4.78 is 5.19. The molecule has 0 radical (unpaired) electrons. The zero-order valence-electron chi connectivity index (χ0n) is 10.4. The van der Waals surface area contributed by atoms with Crippen LogP contribution >= 0.6 is 0 Å². The Morgan fingerprint density at radius 1 is 1.33 bits per heavy atom. The summed E-state index contributed by atoms with van der Waals surface area (Å²) in [6.07, 6.45) is 3.96. The molecule has 1 aliphatic rings. The number of pyridine rings is 1. The summed E-state index contributed by atoms with van der Waals surface area (Å²) >= 11 is 0. The van der Waals surface area contributed by atoms with Crippen LogP contribution in [0, 0.1) is 0 Å². The number of rotatable bonds is 2. The topological polar surface area (TPSA) is 48.1 Å². The molecule has 0 amide bonds. The van der Waals surface area contributed by atoms with Crippen molar-refractivity contribution in [3.63, 3.8) is 0 Å². The fourth-order valence-corrected chi connectivity index (χ4v) is 2.78. The summed E-state index contributed by atoms with van der Waals surface area (Å²) in [4.78, 5) is 4.16. The third-order valence-corrected chi connectivity index (χ3v) is 3.68. The Labute approximate surface area is 107 Å². The smallest absolute Gasteiger partial charge is 0.213 e. The summed E-state index contributed by atoms with van der Waals surface area (Å²) in [6, 6.07) is 10.3. The largest absolute Gasteiger partial charge is 0.481 e. The number of fused-ring (bicyclic) bond motifs is 1. The van der Waals surface area contributed by atoms with E-state index in [1.165, 1.54) is 16.7 Å². The minimum absolute atomic E-state index is 0.417. The van der Waals surface area contributed by atoms with Crippen LogP contribution in [0.1, 0.15) is 29.0 Å². The molecule has 18 heavy (non-hydrogen) atoms. The highest BCUT2D eigenvalue weighted by atomic mass is 16.5. The van der Waals surface area contributed by atoms with Crippen LogP contribution in [0.3, 0.4) is 0 Å². The van der Waals surface area contributed by atoms with Crippen LogP contribution in [0.15, 0.2) is 36.5 Å². The minimum Gasteiger partial charge on any atom is -0.481 e. The second-order valence-electron chi connectivity index (χ2n) is 4.64. The van der Waals surface area contributed by atoms with E-state index < -0.39 is 0 Å². The van der Waals surface area contributed by atoms with Crippen molar-refractivity contribution >= 4 is 5.69 Å². The number of benzene rings is 1. The van der Waals surface area contributed by atoms with Crippen LogP contribution < -0.4 is 10.5 Å². The van der Waals surface area contributed by atoms with E-state index in [1.807, 2.05) is 18.2 Å². The Morgan fingerprint density at radius 2 is 2.22 bits per heavy atom. The highest BCUT2D eigenvalue weighted by molar-refractivity contribution is 5.56. The molecule has 3 nitrogen and oxygen atoms in total. The lowest BCUT2D eigenvalue weighted by Gasteiger charge is -2.13. The molecule has 1 aromatic heterocycles. The number of nitrogens with two attached hydrogens (primary N) is 1. The van der Waals surface area contributed by atoms with Crippen molar-refractivity contribution in [2.45, 2.75) is 18.8 Å². The predicted octanol–water partition coefficient (Wildman–Crippen LogP) is 2.75. The molecule has 0 saturated carbocycles. The molecule has 1 unspecified atom stereocenters. The highest BCUT2D eigenvalue weighted by Gasteiger charge is 2.25. The van der Waals surface area contributed by atoms with E-state index in [4.69, 9.17) is 10.5 Å². The monoisotopic (exact) mass is 240 g/mol. The Hall–Kier alpha value is -2.03. The molecule has 92 valence electrons. The van der Waals surface area contributed by atoms with Crippen molar-refractivity contribution in [3.05, 3.63) is 53.2 Å². The van der Waals surface area contributed by atoms with Crippen molar-refractivity contribution < 1.29 is 4.74 Å². The molecule has 3 heteroatoms. The van der Waals surface area contributed by atoms with Crippen LogP contribution in [-0.4, -0.2) is 12.1 Å². The molecule has 1 heterocycles. The summed E-state index contributed by atoms with van der Waals surface area (Å²) in [7, 11) is 1.65. The van der Waals surface area contributed by atoms with Gasteiger partial charge in [0.2, 0.25) is 5.88 Å². The van der Waals surface area contributed by atoms with Gasteiger partial charge in [-0.05, 0) is 41.7 Å². The number of ether oxygens (including phenoxy) is 1. The van der Waals surface area contributed by atoms with Crippen LogP contribution in [0.4, 0.5) is 5.69 Å². The quantitative estimate of drug-likeness (QED) is 0.821. The molecule has 0 spiro atoms. The first-order chi connectivity index (χ1) is 8.79. The van der Waals surface area contributed by atoms with E-state index in [2.05, 4.69) is 17.1 Å². The Kier molecular flexibility index (Phi) is 2.67. The summed E-state index contributed by atoms with van der Waals surface area (Å²) in [5, 5.41) is 0. The number of hydrogen-bond donors (Lipinski definition) is 1. The van der Waals surface area contributed by atoms with Crippen molar-refractivity contribution in [2.75, 3.05) is 12.8 Å². The average Bonchev–Trinajstić information content (AvgIpc) is 2.84. The highest BCUT2D eigenvalue weighted by Crippen LogP contribution is 2.40. The molecule has 0 fully saturated rings. The van der Waals surface area contributed by atoms with E-state index in [-0.39, 0.29) is 0 Å². The molecule has 3 rings (SSSR count). The number of nitrogen functional groups attached to an aromatic ring is 1. The summed E-state index contributed by atoms with van der Waals surface area (Å²) in [5.74, 6) is 1.09. The fourth-order valence-electron chi connectivity index (χ4n) is 2.78. The molecule has 2 N–H and O–H groups in total. The van der Waals surface area contributed by atoms with Gasteiger partial charge in [0.25, 0.3) is 0 Å². The zero-order chi connectivity index (χ0) is 12.5. The number of aromatic nitrogens is 1. The van der Waals surface area contributed by atoms with E-state index in [0.717, 1.165) is 18.5 Å². The lowest BCUT2D eigenvalue weighted by molar-refractivity contribution is 0.397. The second kappa shape index (κ2) is 4.33. The van der Waals surface area contributed by atoms with Gasteiger partial charge in [-0.3, -0.25) is 0 Å². The van der Waals surface area contributed by atoms with E-state index in [0.29, 0.717) is 11.8 Å². The lowest BCUT2D eigenvalue weighted by atomic mass is 9.93. The lowest BCUT2D eigenvalue weighted by Crippen LogP contribution is -1.98. The average molecular weight is 240 g/mol. The molecule has 0 saturated heterocycles. The molecule has 1 aliphatic carbocycles. The first-order valence-corrected chi connectivity index (χ1v) is 6.17. The maximum atomic E-state index is 6.03. The Balaban J connectivity index is 2.03. The number of anilines is 1. The van der Waals surface area contributed by atoms with Gasteiger partial charge in [0.15, 0.2) is 0 Å². The fraction of sp³-hybridized carbons (Fsp3) is 0.267. The van der Waals surface area contributed by atoms with Gasteiger partial charge in [0, 0.05) is 23.9 Å². The van der Waals surface area contributed by atoms with Crippen molar-refractivity contribution in [1.82, 2.24) is 4.98 Å². The summed E-state index contributed by atoms with van der Waals surface area (Å²) in [6.45, 7) is 0. The van der Waals surface area contributed by atoms with E-state index >= 15 is 0 Å². The summed E-state index contributed by atoms with van der Waals surface area (Å²) in [5.41, 5.74) is 10.9. The first-order valence-electron chi connectivity index (χ1n) is 6.17. The predicted molar refractivity (Wildman–Crippen MR) is 71.8 cm³/mol. The van der Waals surface area contributed by atoms with E-state index in [1.54, 1.807) is 13.3 Å². The van der Waals surface area contributed by atoms with Gasteiger partial charge in [-0.25, -0.2) is 4.98 Å². The van der Waals surface area contributed by atoms with Crippen LogP contribution in [-0.2, 0) is 6.42 Å². The van der Waals surface area contributed by atoms with Crippen LogP contribution in [0.25, 0.3) is 0 Å². The molecule has 2 aromatic rings. The van der Waals surface area contributed by atoms with Gasteiger partial charge in [0.1, 0.15) is 0 Å². The Morgan fingerprint density at radius 3 is 3.06 bits per heavy atom. The number of hydrogen-bond acceptors (Lipinski definition) is 3.